The van der Waals surface area contributed by atoms with Crippen molar-refractivity contribution < 1.29 is 0 Å². The van der Waals surface area contributed by atoms with E-state index in [1.54, 1.807) is 0 Å². The van der Waals surface area contributed by atoms with Gasteiger partial charge in [0.15, 0.2) is 0 Å². The number of nitrogens with one attached hydrogen (secondary N) is 1. The molecule has 0 spiro atoms. The van der Waals surface area contributed by atoms with Gasteiger partial charge < -0.3 is 10.6 Å². The molecule has 4 heteroatoms. The van der Waals surface area contributed by atoms with E-state index in [1.165, 1.54) is 5.56 Å². The third-order valence-corrected chi connectivity index (χ3v) is 3.35. The summed E-state index contributed by atoms with van der Waals surface area (Å²) in [6, 6.07) is 14.2. The van der Waals surface area contributed by atoms with E-state index in [9.17, 15) is 0 Å². The van der Waals surface area contributed by atoms with Gasteiger partial charge in [-0.1, -0.05) is 24.3 Å². The number of H-pyrrole nitrogens is 1. The topological polar surface area (TPSA) is 57.9 Å². The van der Waals surface area contributed by atoms with E-state index >= 15 is 0 Å². The van der Waals surface area contributed by atoms with Crippen LogP contribution < -0.4 is 5.73 Å². The summed E-state index contributed by atoms with van der Waals surface area (Å²) in [5, 5.41) is 8.62. The van der Waals surface area contributed by atoms with Gasteiger partial charge in [0.05, 0.1) is 5.52 Å². The molecule has 0 unspecified atom stereocenters. The molecule has 0 radical (unpaired) electrons. The molecule has 20 heavy (non-hydrogen) atoms. The number of hydrogen-bond acceptors (Lipinski definition) is 3. The van der Waals surface area contributed by atoms with Crippen LogP contribution in [0.4, 0.5) is 5.69 Å². The van der Waals surface area contributed by atoms with Gasteiger partial charge in [0.2, 0.25) is 0 Å². The Balaban J connectivity index is 2.18. The van der Waals surface area contributed by atoms with Gasteiger partial charge in [0.25, 0.3) is 0 Å². The van der Waals surface area contributed by atoms with Gasteiger partial charge in [-0.05, 0) is 37.9 Å². The maximum Gasteiger partial charge on any atom is 0.100 e. The van der Waals surface area contributed by atoms with E-state index in [2.05, 4.69) is 47.4 Å². The molecule has 0 bridgehead atoms. The molecule has 0 aliphatic carbocycles. The van der Waals surface area contributed by atoms with Crippen LogP contribution in [0, 0.1) is 0 Å². The highest BCUT2D eigenvalue weighted by Crippen LogP contribution is 2.30. The van der Waals surface area contributed by atoms with Crippen molar-refractivity contribution in [1.82, 2.24) is 15.1 Å². The molecular weight excluding hydrogens is 248 g/mol. The van der Waals surface area contributed by atoms with Gasteiger partial charge >= 0.3 is 0 Å². The zero-order valence-corrected chi connectivity index (χ0v) is 11.7. The monoisotopic (exact) mass is 266 g/mol. The molecule has 3 N–H and O–H groups in total. The number of rotatable bonds is 3. The van der Waals surface area contributed by atoms with Crippen LogP contribution in [0.25, 0.3) is 22.2 Å². The molecule has 0 amide bonds. The van der Waals surface area contributed by atoms with Gasteiger partial charge in [-0.2, -0.15) is 5.10 Å². The standard InChI is InChI=1S/C16H18N4/c1-20(2)10-11-5-3-4-6-13(11)16-14-9-12(17)7-8-15(14)18-19-16/h3-9H,10,17H2,1-2H3,(H,18,19). The summed E-state index contributed by atoms with van der Waals surface area (Å²) in [5.74, 6) is 0. The second kappa shape index (κ2) is 4.98. The zero-order chi connectivity index (χ0) is 14.1. The van der Waals surface area contributed by atoms with E-state index in [-0.39, 0.29) is 0 Å². The Bertz CT molecular complexity index is 743. The SMILES string of the molecule is CN(C)Cc1ccccc1-c1n[nH]c2ccc(N)cc12. The average molecular weight is 266 g/mol. The van der Waals surface area contributed by atoms with Crippen LogP contribution >= 0.6 is 0 Å². The second-order valence-electron chi connectivity index (χ2n) is 5.27. The Morgan fingerprint density at radius 1 is 1.15 bits per heavy atom. The van der Waals surface area contributed by atoms with Crippen molar-refractivity contribution in [3.05, 3.63) is 48.0 Å². The Kier molecular flexibility index (Phi) is 3.16. The Morgan fingerprint density at radius 2 is 1.95 bits per heavy atom. The predicted molar refractivity (Wildman–Crippen MR) is 83.3 cm³/mol. The molecule has 0 atom stereocenters. The second-order valence-corrected chi connectivity index (χ2v) is 5.27. The van der Waals surface area contributed by atoms with Crippen molar-refractivity contribution in [2.24, 2.45) is 0 Å². The maximum atomic E-state index is 5.90. The van der Waals surface area contributed by atoms with Crippen molar-refractivity contribution in [2.75, 3.05) is 19.8 Å². The van der Waals surface area contributed by atoms with Gasteiger partial charge in [-0.15, -0.1) is 0 Å². The number of aromatic nitrogens is 2. The zero-order valence-electron chi connectivity index (χ0n) is 11.7. The van der Waals surface area contributed by atoms with Crippen molar-refractivity contribution >= 4 is 16.6 Å². The number of nitrogens with two attached hydrogens (primary N) is 1. The van der Waals surface area contributed by atoms with Crippen LogP contribution in [0.3, 0.4) is 0 Å². The van der Waals surface area contributed by atoms with Crippen LogP contribution in [0.1, 0.15) is 5.56 Å². The quantitative estimate of drug-likeness (QED) is 0.717. The first-order valence-corrected chi connectivity index (χ1v) is 6.62. The first-order chi connectivity index (χ1) is 9.65. The summed E-state index contributed by atoms with van der Waals surface area (Å²) >= 11 is 0. The summed E-state index contributed by atoms with van der Waals surface area (Å²) in [6.45, 7) is 0.882. The number of fused-ring (bicyclic) bond motifs is 1. The summed E-state index contributed by atoms with van der Waals surface area (Å²) < 4.78 is 0. The van der Waals surface area contributed by atoms with E-state index in [0.29, 0.717) is 0 Å². The van der Waals surface area contributed by atoms with Crippen molar-refractivity contribution in [3.8, 4) is 11.3 Å². The minimum atomic E-state index is 0.755. The third kappa shape index (κ3) is 2.26. The lowest BCUT2D eigenvalue weighted by atomic mass is 10.0. The van der Waals surface area contributed by atoms with E-state index in [4.69, 9.17) is 5.73 Å². The minimum absolute atomic E-state index is 0.755. The highest BCUT2D eigenvalue weighted by molar-refractivity contribution is 5.95. The van der Waals surface area contributed by atoms with Crippen LogP contribution in [0.5, 0.6) is 0 Å². The van der Waals surface area contributed by atoms with E-state index in [1.807, 2.05) is 24.3 Å². The lowest BCUT2D eigenvalue weighted by molar-refractivity contribution is 0.403. The average Bonchev–Trinajstić information content (AvgIpc) is 2.81. The Morgan fingerprint density at radius 3 is 2.75 bits per heavy atom. The maximum absolute atomic E-state index is 5.90. The van der Waals surface area contributed by atoms with Gasteiger partial charge in [0, 0.05) is 23.2 Å². The van der Waals surface area contributed by atoms with Crippen molar-refractivity contribution in [3.63, 3.8) is 0 Å². The van der Waals surface area contributed by atoms with Gasteiger partial charge in [-0.3, -0.25) is 5.10 Å². The fraction of sp³-hybridized carbons (Fsp3) is 0.188. The normalized spacial score (nSPS) is 11.3. The summed E-state index contributed by atoms with van der Waals surface area (Å²) in [7, 11) is 4.13. The van der Waals surface area contributed by atoms with Gasteiger partial charge in [-0.25, -0.2) is 0 Å². The summed E-state index contributed by atoms with van der Waals surface area (Å²) in [4.78, 5) is 2.15. The molecule has 3 aromatic rings. The molecule has 0 saturated heterocycles. The molecule has 0 aliphatic rings. The molecule has 0 aliphatic heterocycles. The van der Waals surface area contributed by atoms with Crippen molar-refractivity contribution in [2.45, 2.75) is 6.54 Å². The number of anilines is 1. The minimum Gasteiger partial charge on any atom is -0.399 e. The molecule has 4 nitrogen and oxygen atoms in total. The number of aromatic amines is 1. The number of hydrogen-bond donors (Lipinski definition) is 2. The third-order valence-electron chi connectivity index (χ3n) is 3.35. The summed E-state index contributed by atoms with van der Waals surface area (Å²) in [5.41, 5.74) is 11.0. The molecule has 1 heterocycles. The lowest BCUT2D eigenvalue weighted by Crippen LogP contribution is -2.11. The smallest absolute Gasteiger partial charge is 0.100 e. The summed E-state index contributed by atoms with van der Waals surface area (Å²) in [6.07, 6.45) is 0. The van der Waals surface area contributed by atoms with Crippen LogP contribution in [0.15, 0.2) is 42.5 Å². The first-order valence-electron chi connectivity index (χ1n) is 6.62. The van der Waals surface area contributed by atoms with Crippen LogP contribution in [-0.2, 0) is 6.54 Å². The molecule has 1 aromatic heterocycles. The number of nitrogen functional groups attached to an aromatic ring is 1. The van der Waals surface area contributed by atoms with Crippen molar-refractivity contribution in [1.29, 1.82) is 0 Å². The van der Waals surface area contributed by atoms with Gasteiger partial charge in [0.1, 0.15) is 5.69 Å². The molecule has 0 fully saturated rings. The molecule has 2 aromatic carbocycles. The first kappa shape index (κ1) is 12.7. The fourth-order valence-corrected chi connectivity index (χ4v) is 2.47. The lowest BCUT2D eigenvalue weighted by Gasteiger charge is -2.13. The fourth-order valence-electron chi connectivity index (χ4n) is 2.47. The number of nitrogens with zero attached hydrogens (tertiary/aromatic N) is 2. The Hall–Kier alpha value is -2.33. The van der Waals surface area contributed by atoms with Crippen LogP contribution in [0.2, 0.25) is 0 Å². The van der Waals surface area contributed by atoms with Crippen LogP contribution in [-0.4, -0.2) is 29.2 Å². The highest BCUT2D eigenvalue weighted by Gasteiger charge is 2.12. The van der Waals surface area contributed by atoms with E-state index in [0.717, 1.165) is 34.4 Å². The van der Waals surface area contributed by atoms with E-state index < -0.39 is 0 Å². The molecule has 102 valence electrons. The Labute approximate surface area is 118 Å². The number of benzene rings is 2. The highest BCUT2D eigenvalue weighted by atomic mass is 15.1. The predicted octanol–water partition coefficient (Wildman–Crippen LogP) is 2.87. The molecule has 0 saturated carbocycles. The largest absolute Gasteiger partial charge is 0.399 e. The molecule has 3 rings (SSSR count). The molecular formula is C16H18N4.